The number of carbonyl (C=O) groups is 2. The monoisotopic (exact) mass is 465 g/mol. The number of fused-ring (bicyclic) bond motifs is 1. The minimum Gasteiger partial charge on any atom is -0.356 e. The van der Waals surface area contributed by atoms with Crippen molar-refractivity contribution in [2.24, 2.45) is 5.92 Å². The van der Waals surface area contributed by atoms with E-state index in [9.17, 15) is 14.4 Å². The zero-order valence-corrected chi connectivity index (χ0v) is 20.4. The Morgan fingerprint density at radius 2 is 1.76 bits per heavy atom. The summed E-state index contributed by atoms with van der Waals surface area (Å²) in [5, 5.41) is 3.55. The highest BCUT2D eigenvalue weighted by molar-refractivity contribution is 8.00. The molecular formula is C26H31N3O3S. The molecule has 1 amide bonds. The normalized spacial score (nSPS) is 12.2. The van der Waals surface area contributed by atoms with E-state index in [-0.39, 0.29) is 17.2 Å². The van der Waals surface area contributed by atoms with Gasteiger partial charge in [-0.05, 0) is 43.4 Å². The first-order valence-corrected chi connectivity index (χ1v) is 12.2. The number of aromatic nitrogens is 2. The van der Waals surface area contributed by atoms with E-state index in [2.05, 4.69) is 19.2 Å². The SMILES string of the molecule is CC(=O)NCCc1ccc(C(=O)C(C)Sc2nc3ccccc3c(=O)n2CCC(C)C)cc1. The van der Waals surface area contributed by atoms with Gasteiger partial charge < -0.3 is 5.32 Å². The van der Waals surface area contributed by atoms with Gasteiger partial charge in [-0.1, -0.05) is 62.0 Å². The van der Waals surface area contributed by atoms with Crippen molar-refractivity contribution in [3.8, 4) is 0 Å². The van der Waals surface area contributed by atoms with Crippen LogP contribution in [0.2, 0.25) is 0 Å². The highest BCUT2D eigenvalue weighted by Crippen LogP contribution is 2.26. The summed E-state index contributed by atoms with van der Waals surface area (Å²) in [7, 11) is 0. The van der Waals surface area contributed by atoms with Gasteiger partial charge in [-0.3, -0.25) is 19.0 Å². The summed E-state index contributed by atoms with van der Waals surface area (Å²) in [6.07, 6.45) is 1.57. The maximum absolute atomic E-state index is 13.1. The zero-order valence-electron chi connectivity index (χ0n) is 19.6. The summed E-state index contributed by atoms with van der Waals surface area (Å²) in [4.78, 5) is 42.0. The summed E-state index contributed by atoms with van der Waals surface area (Å²) >= 11 is 1.33. The van der Waals surface area contributed by atoms with Gasteiger partial charge in [0.25, 0.3) is 5.56 Å². The number of carbonyl (C=O) groups excluding carboxylic acids is 2. The van der Waals surface area contributed by atoms with E-state index in [1.54, 1.807) is 10.6 Å². The minimum atomic E-state index is -0.395. The van der Waals surface area contributed by atoms with E-state index < -0.39 is 5.25 Å². The lowest BCUT2D eigenvalue weighted by Gasteiger charge is -2.17. The second-order valence-corrected chi connectivity index (χ2v) is 9.91. The molecule has 0 saturated heterocycles. The van der Waals surface area contributed by atoms with E-state index in [1.807, 2.05) is 49.4 Å². The third-order valence-corrected chi connectivity index (χ3v) is 6.52. The number of hydrogen-bond acceptors (Lipinski definition) is 5. The lowest BCUT2D eigenvalue weighted by molar-refractivity contribution is -0.118. The Bertz CT molecular complexity index is 1190. The number of amides is 1. The van der Waals surface area contributed by atoms with Gasteiger partial charge in [0.15, 0.2) is 10.9 Å². The zero-order chi connectivity index (χ0) is 24.0. The number of benzene rings is 2. The fraction of sp³-hybridized carbons (Fsp3) is 0.385. The molecule has 3 rings (SSSR count). The van der Waals surface area contributed by atoms with Gasteiger partial charge in [-0.25, -0.2) is 4.98 Å². The van der Waals surface area contributed by atoms with Crippen molar-refractivity contribution < 1.29 is 9.59 Å². The average Bonchev–Trinajstić information content (AvgIpc) is 2.78. The van der Waals surface area contributed by atoms with Crippen LogP contribution >= 0.6 is 11.8 Å². The molecule has 174 valence electrons. The van der Waals surface area contributed by atoms with Crippen LogP contribution in [0.15, 0.2) is 58.5 Å². The number of nitrogens with zero attached hydrogens (tertiary/aromatic N) is 2. The number of para-hydroxylation sites is 1. The lowest BCUT2D eigenvalue weighted by Crippen LogP contribution is -2.25. The summed E-state index contributed by atoms with van der Waals surface area (Å²) < 4.78 is 1.71. The number of thioether (sulfide) groups is 1. The molecule has 33 heavy (non-hydrogen) atoms. The Morgan fingerprint density at radius 3 is 2.42 bits per heavy atom. The summed E-state index contributed by atoms with van der Waals surface area (Å²) in [5.41, 5.74) is 2.26. The van der Waals surface area contributed by atoms with Gasteiger partial charge in [-0.15, -0.1) is 0 Å². The molecule has 0 spiro atoms. The fourth-order valence-electron chi connectivity index (χ4n) is 3.49. The van der Waals surface area contributed by atoms with Crippen LogP contribution < -0.4 is 10.9 Å². The Balaban J connectivity index is 1.79. The smallest absolute Gasteiger partial charge is 0.262 e. The molecule has 7 heteroatoms. The van der Waals surface area contributed by atoms with Crippen molar-refractivity contribution in [1.29, 1.82) is 0 Å². The van der Waals surface area contributed by atoms with Crippen LogP contribution in [0.1, 0.15) is 50.0 Å². The molecule has 0 radical (unpaired) electrons. The summed E-state index contributed by atoms with van der Waals surface area (Å²) in [5.74, 6) is 0.387. The molecule has 0 aliphatic carbocycles. The average molecular weight is 466 g/mol. The van der Waals surface area contributed by atoms with Gasteiger partial charge >= 0.3 is 0 Å². The number of hydrogen-bond donors (Lipinski definition) is 1. The van der Waals surface area contributed by atoms with E-state index in [4.69, 9.17) is 4.98 Å². The molecule has 1 atom stereocenters. The molecule has 0 fully saturated rings. The molecule has 0 aliphatic rings. The minimum absolute atomic E-state index is 0.00812. The maximum Gasteiger partial charge on any atom is 0.262 e. The van der Waals surface area contributed by atoms with E-state index >= 15 is 0 Å². The van der Waals surface area contributed by atoms with Crippen molar-refractivity contribution in [2.45, 2.75) is 57.5 Å². The van der Waals surface area contributed by atoms with Crippen LogP contribution in [-0.4, -0.2) is 33.0 Å². The van der Waals surface area contributed by atoms with Crippen LogP contribution in [0, 0.1) is 5.92 Å². The second kappa shape index (κ2) is 11.3. The second-order valence-electron chi connectivity index (χ2n) is 8.61. The van der Waals surface area contributed by atoms with Crippen LogP contribution in [-0.2, 0) is 17.8 Å². The predicted octanol–water partition coefficient (Wildman–Crippen LogP) is 4.48. The van der Waals surface area contributed by atoms with E-state index in [0.717, 1.165) is 12.0 Å². The molecular weight excluding hydrogens is 434 g/mol. The van der Waals surface area contributed by atoms with Crippen LogP contribution in [0.4, 0.5) is 0 Å². The van der Waals surface area contributed by atoms with E-state index in [0.29, 0.717) is 47.1 Å². The first kappa shape index (κ1) is 24.7. The van der Waals surface area contributed by atoms with Gasteiger partial charge in [0.2, 0.25) is 5.91 Å². The lowest BCUT2D eigenvalue weighted by atomic mass is 10.0. The Hall–Kier alpha value is -2.93. The quantitative estimate of drug-likeness (QED) is 0.271. The maximum atomic E-state index is 13.1. The highest BCUT2D eigenvalue weighted by Gasteiger charge is 2.21. The van der Waals surface area contributed by atoms with Crippen molar-refractivity contribution >= 4 is 34.4 Å². The number of Topliss-reactive ketones (excluding diaryl/α,β-unsaturated/α-hetero) is 1. The molecule has 6 nitrogen and oxygen atoms in total. The van der Waals surface area contributed by atoms with Gasteiger partial charge in [0, 0.05) is 25.6 Å². The fourth-order valence-corrected chi connectivity index (χ4v) is 4.50. The predicted molar refractivity (Wildman–Crippen MR) is 134 cm³/mol. The largest absolute Gasteiger partial charge is 0.356 e. The molecule has 1 unspecified atom stereocenters. The van der Waals surface area contributed by atoms with Crippen molar-refractivity contribution in [1.82, 2.24) is 14.9 Å². The molecule has 0 bridgehead atoms. The Labute approximate surface area is 198 Å². The molecule has 1 aromatic heterocycles. The highest BCUT2D eigenvalue weighted by atomic mass is 32.2. The number of ketones is 1. The number of rotatable bonds is 10. The summed E-state index contributed by atoms with van der Waals surface area (Å²) in [6.45, 7) is 8.73. The first-order valence-electron chi connectivity index (χ1n) is 11.3. The van der Waals surface area contributed by atoms with Crippen LogP contribution in [0.25, 0.3) is 10.9 Å². The molecule has 0 aliphatic heterocycles. The first-order chi connectivity index (χ1) is 15.8. The van der Waals surface area contributed by atoms with Crippen molar-refractivity contribution in [2.75, 3.05) is 6.54 Å². The van der Waals surface area contributed by atoms with Crippen LogP contribution in [0.5, 0.6) is 0 Å². The molecule has 3 aromatic rings. The molecule has 0 saturated carbocycles. The standard InChI is InChI=1S/C26H31N3O3S/c1-17(2)14-16-29-25(32)22-7-5-6-8-23(22)28-26(29)33-18(3)24(31)21-11-9-20(10-12-21)13-15-27-19(4)30/h5-12,17-18H,13-16H2,1-4H3,(H,27,30). The van der Waals surface area contributed by atoms with Crippen LogP contribution in [0.3, 0.4) is 0 Å². The van der Waals surface area contributed by atoms with Crippen molar-refractivity contribution in [3.63, 3.8) is 0 Å². The van der Waals surface area contributed by atoms with Gasteiger partial charge in [0.05, 0.1) is 16.2 Å². The van der Waals surface area contributed by atoms with Crippen molar-refractivity contribution in [3.05, 3.63) is 70.0 Å². The Kier molecular flexibility index (Phi) is 8.44. The molecule has 2 aromatic carbocycles. The van der Waals surface area contributed by atoms with Gasteiger partial charge in [-0.2, -0.15) is 0 Å². The Morgan fingerprint density at radius 1 is 1.06 bits per heavy atom. The third kappa shape index (κ3) is 6.54. The summed E-state index contributed by atoms with van der Waals surface area (Å²) in [6, 6.07) is 14.8. The molecule has 1 N–H and O–H groups in total. The molecule has 1 heterocycles. The third-order valence-electron chi connectivity index (χ3n) is 5.43. The topological polar surface area (TPSA) is 81.1 Å². The van der Waals surface area contributed by atoms with E-state index in [1.165, 1.54) is 18.7 Å². The number of nitrogens with one attached hydrogen (secondary N) is 1. The van der Waals surface area contributed by atoms with Gasteiger partial charge in [0.1, 0.15) is 0 Å².